The summed E-state index contributed by atoms with van der Waals surface area (Å²) in [6.45, 7) is 0. The molecule has 0 radical (unpaired) electrons. The second-order valence-corrected chi connectivity index (χ2v) is 9.53. The molecule has 0 fully saturated rings. The molecule has 7 heteroatoms. The first-order valence-electron chi connectivity index (χ1n) is 3.11. The number of hydrogen-bond acceptors (Lipinski definition) is 6. The standard InChI is InChI=1S/C6H5NS5.ClH/c7-4-2-1-3-5-6(4)9-11-12-10-8-5;/h1-3H,7H2;1H. The zero-order valence-corrected chi connectivity index (χ0v) is 11.2. The van der Waals surface area contributed by atoms with Gasteiger partial charge in [-0.1, -0.05) is 6.07 Å². The zero-order valence-electron chi connectivity index (χ0n) is 6.26. The van der Waals surface area contributed by atoms with Gasteiger partial charge in [0.25, 0.3) is 0 Å². The third-order valence-corrected chi connectivity index (χ3v) is 9.83. The molecule has 1 heterocycles. The number of hydrogen-bond donors (Lipinski definition) is 1. The van der Waals surface area contributed by atoms with Gasteiger partial charge in [0, 0.05) is 10.6 Å². The molecular formula is C6H6ClNS5. The van der Waals surface area contributed by atoms with Crippen LogP contribution in [0.5, 0.6) is 0 Å². The van der Waals surface area contributed by atoms with Crippen molar-refractivity contribution >= 4 is 69.2 Å². The molecule has 72 valence electrons. The molecule has 1 aliphatic rings. The van der Waals surface area contributed by atoms with Crippen LogP contribution >= 0.6 is 63.5 Å². The molecule has 1 nitrogen and oxygen atoms in total. The first-order chi connectivity index (χ1) is 5.88. The maximum Gasteiger partial charge on any atom is 0.0565 e. The number of anilines is 1. The summed E-state index contributed by atoms with van der Waals surface area (Å²) in [5.74, 6) is 0. The summed E-state index contributed by atoms with van der Waals surface area (Å²) in [5, 5.41) is 0. The number of fused-ring (bicyclic) bond motifs is 1. The molecule has 0 atom stereocenters. The summed E-state index contributed by atoms with van der Waals surface area (Å²) in [6, 6.07) is 6.07. The first-order valence-corrected chi connectivity index (χ1v) is 9.26. The highest BCUT2D eigenvalue weighted by molar-refractivity contribution is 9.36. The Morgan fingerprint density at radius 1 is 1.00 bits per heavy atom. The average molecular weight is 288 g/mol. The van der Waals surface area contributed by atoms with Crippen molar-refractivity contribution < 1.29 is 0 Å². The van der Waals surface area contributed by atoms with Crippen molar-refractivity contribution in [3.8, 4) is 0 Å². The first kappa shape index (κ1) is 12.1. The largest absolute Gasteiger partial charge is 0.398 e. The molecule has 1 aliphatic heterocycles. The molecular weight excluding hydrogens is 282 g/mol. The van der Waals surface area contributed by atoms with Crippen LogP contribution in [-0.2, 0) is 0 Å². The molecule has 0 aromatic heterocycles. The van der Waals surface area contributed by atoms with Gasteiger partial charge in [-0.05, 0) is 63.2 Å². The summed E-state index contributed by atoms with van der Waals surface area (Å²) in [6.07, 6.45) is 0. The lowest BCUT2D eigenvalue weighted by atomic mass is 10.3. The Balaban J connectivity index is 0.000000845. The molecule has 13 heavy (non-hydrogen) atoms. The van der Waals surface area contributed by atoms with Crippen LogP contribution in [0.15, 0.2) is 28.0 Å². The Kier molecular flexibility index (Phi) is 5.43. The van der Waals surface area contributed by atoms with Crippen LogP contribution in [-0.4, -0.2) is 0 Å². The summed E-state index contributed by atoms with van der Waals surface area (Å²) in [5.41, 5.74) is 6.73. The smallest absolute Gasteiger partial charge is 0.0565 e. The molecule has 0 saturated heterocycles. The van der Waals surface area contributed by atoms with Gasteiger partial charge in [0.1, 0.15) is 0 Å². The van der Waals surface area contributed by atoms with Crippen LogP contribution < -0.4 is 5.73 Å². The van der Waals surface area contributed by atoms with E-state index in [0.29, 0.717) is 0 Å². The van der Waals surface area contributed by atoms with E-state index in [1.807, 2.05) is 12.1 Å². The second-order valence-electron chi connectivity index (χ2n) is 2.05. The summed E-state index contributed by atoms with van der Waals surface area (Å²) in [4.78, 5) is 2.49. The van der Waals surface area contributed by atoms with Gasteiger partial charge in [-0.3, -0.25) is 0 Å². The fraction of sp³-hybridized carbons (Fsp3) is 0. The molecule has 0 spiro atoms. The molecule has 2 rings (SSSR count). The maximum absolute atomic E-state index is 5.84. The predicted molar refractivity (Wildman–Crippen MR) is 72.6 cm³/mol. The van der Waals surface area contributed by atoms with Crippen molar-refractivity contribution in [1.29, 1.82) is 0 Å². The summed E-state index contributed by atoms with van der Waals surface area (Å²) in [7, 11) is 8.87. The lowest BCUT2D eigenvalue weighted by molar-refractivity contribution is 1.27. The Labute approximate surface area is 102 Å². The van der Waals surface area contributed by atoms with E-state index in [1.54, 1.807) is 51.1 Å². The van der Waals surface area contributed by atoms with Crippen LogP contribution in [0.4, 0.5) is 5.69 Å². The zero-order chi connectivity index (χ0) is 8.39. The molecule has 0 aliphatic carbocycles. The number of nitrogens with two attached hydrogens (primary N) is 1. The van der Waals surface area contributed by atoms with E-state index in [0.717, 1.165) is 5.69 Å². The molecule has 0 saturated carbocycles. The quantitative estimate of drug-likeness (QED) is 0.546. The van der Waals surface area contributed by atoms with Crippen molar-refractivity contribution in [2.75, 3.05) is 5.73 Å². The van der Waals surface area contributed by atoms with Crippen LogP contribution in [0.2, 0.25) is 0 Å². The van der Waals surface area contributed by atoms with Gasteiger partial charge in [-0.2, -0.15) is 0 Å². The van der Waals surface area contributed by atoms with Gasteiger partial charge in [-0.15, -0.1) is 12.4 Å². The van der Waals surface area contributed by atoms with Gasteiger partial charge in [-0.25, -0.2) is 0 Å². The van der Waals surface area contributed by atoms with Crippen molar-refractivity contribution in [3.05, 3.63) is 18.2 Å². The van der Waals surface area contributed by atoms with Crippen LogP contribution in [0.25, 0.3) is 0 Å². The lowest BCUT2D eigenvalue weighted by Crippen LogP contribution is -1.87. The minimum absolute atomic E-state index is 0. The molecule has 0 bridgehead atoms. The second kappa shape index (κ2) is 5.82. The highest BCUT2D eigenvalue weighted by Crippen LogP contribution is 2.60. The van der Waals surface area contributed by atoms with Crippen LogP contribution in [0.3, 0.4) is 0 Å². The third-order valence-electron chi connectivity index (χ3n) is 1.31. The third kappa shape index (κ3) is 3.00. The SMILES string of the molecule is Cl.Nc1cccc2c1SSSSS2. The van der Waals surface area contributed by atoms with Crippen LogP contribution in [0, 0.1) is 0 Å². The topological polar surface area (TPSA) is 26.0 Å². The molecule has 1 aromatic carbocycles. The van der Waals surface area contributed by atoms with E-state index in [4.69, 9.17) is 5.73 Å². The average Bonchev–Trinajstić information content (AvgIpc) is 2.30. The highest BCUT2D eigenvalue weighted by Gasteiger charge is 2.12. The molecule has 0 unspecified atom stereocenters. The van der Waals surface area contributed by atoms with E-state index >= 15 is 0 Å². The monoisotopic (exact) mass is 287 g/mol. The Morgan fingerprint density at radius 2 is 1.77 bits per heavy atom. The molecule has 2 N–H and O–H groups in total. The van der Waals surface area contributed by atoms with E-state index in [9.17, 15) is 0 Å². The normalized spacial score (nSPS) is 15.4. The van der Waals surface area contributed by atoms with E-state index in [2.05, 4.69) is 6.07 Å². The lowest BCUT2D eigenvalue weighted by Gasteiger charge is -2.04. The maximum atomic E-state index is 5.84. The predicted octanol–water partition coefficient (Wildman–Crippen LogP) is 4.75. The van der Waals surface area contributed by atoms with Gasteiger partial charge >= 0.3 is 0 Å². The molecule has 1 aromatic rings. The number of halogens is 1. The fourth-order valence-corrected chi connectivity index (χ4v) is 9.78. The van der Waals surface area contributed by atoms with E-state index in [-0.39, 0.29) is 12.4 Å². The van der Waals surface area contributed by atoms with E-state index < -0.39 is 0 Å². The van der Waals surface area contributed by atoms with Crippen LogP contribution in [0.1, 0.15) is 0 Å². The van der Waals surface area contributed by atoms with Crippen molar-refractivity contribution in [2.24, 2.45) is 0 Å². The summed E-state index contributed by atoms with van der Waals surface area (Å²) >= 11 is 0. The number of nitrogen functional groups attached to an aromatic ring is 1. The van der Waals surface area contributed by atoms with E-state index in [1.165, 1.54) is 9.79 Å². The fourth-order valence-electron chi connectivity index (χ4n) is 0.797. The van der Waals surface area contributed by atoms with Gasteiger partial charge in [0.15, 0.2) is 0 Å². The Hall–Kier alpha value is 1.06. The van der Waals surface area contributed by atoms with Gasteiger partial charge < -0.3 is 5.73 Å². The minimum Gasteiger partial charge on any atom is -0.398 e. The Bertz CT molecular complexity index is 294. The minimum atomic E-state index is 0. The highest BCUT2D eigenvalue weighted by atomic mass is 35.5. The molecule has 0 amide bonds. The van der Waals surface area contributed by atoms with Gasteiger partial charge in [0.05, 0.1) is 4.90 Å². The Morgan fingerprint density at radius 3 is 2.62 bits per heavy atom. The number of benzene rings is 1. The van der Waals surface area contributed by atoms with Crippen molar-refractivity contribution in [1.82, 2.24) is 0 Å². The number of rotatable bonds is 0. The van der Waals surface area contributed by atoms with Crippen molar-refractivity contribution in [3.63, 3.8) is 0 Å². The summed E-state index contributed by atoms with van der Waals surface area (Å²) < 4.78 is 0. The van der Waals surface area contributed by atoms with Crippen molar-refractivity contribution in [2.45, 2.75) is 9.79 Å². The van der Waals surface area contributed by atoms with Gasteiger partial charge in [0.2, 0.25) is 0 Å².